The number of carbonyl (C=O) groups is 1. The van der Waals surface area contributed by atoms with Crippen molar-refractivity contribution < 1.29 is 14.3 Å². The molecule has 4 rings (SSSR count). The minimum atomic E-state index is 0.0264. The summed E-state index contributed by atoms with van der Waals surface area (Å²) in [4.78, 5) is 16.4. The lowest BCUT2D eigenvalue weighted by Crippen LogP contribution is -2.48. The minimum Gasteiger partial charge on any atom is -0.484 e. The number of aromatic nitrogens is 2. The van der Waals surface area contributed by atoms with Gasteiger partial charge in [0.15, 0.2) is 6.61 Å². The molecule has 3 aromatic rings. The molecule has 0 unspecified atom stereocenters. The highest BCUT2D eigenvalue weighted by Gasteiger charge is 2.19. The van der Waals surface area contributed by atoms with E-state index in [2.05, 4.69) is 17.0 Å². The van der Waals surface area contributed by atoms with Crippen LogP contribution in [0.1, 0.15) is 0 Å². The number of carbonyl (C=O) groups excluding carboxylic acids is 1. The van der Waals surface area contributed by atoms with Gasteiger partial charge < -0.3 is 19.3 Å². The Bertz CT molecular complexity index is 977. The van der Waals surface area contributed by atoms with Crippen LogP contribution in [0.2, 0.25) is 0 Å². The molecule has 1 aromatic heterocycles. The number of piperazine rings is 1. The number of ether oxygens (including phenoxy) is 2. The second-order valence-electron chi connectivity index (χ2n) is 7.32. The van der Waals surface area contributed by atoms with Gasteiger partial charge in [0.2, 0.25) is 5.88 Å². The molecule has 7 heteroatoms. The van der Waals surface area contributed by atoms with Crippen LogP contribution >= 0.6 is 0 Å². The van der Waals surface area contributed by atoms with Crippen LogP contribution in [0.15, 0.2) is 60.7 Å². The maximum atomic E-state index is 12.3. The quantitative estimate of drug-likeness (QED) is 0.630. The molecule has 0 spiro atoms. The Morgan fingerprint density at radius 2 is 1.70 bits per heavy atom. The third-order valence-corrected chi connectivity index (χ3v) is 5.25. The zero-order chi connectivity index (χ0) is 20.9. The molecule has 2 aromatic carbocycles. The van der Waals surface area contributed by atoms with E-state index in [1.54, 1.807) is 11.8 Å². The number of hydrogen-bond donors (Lipinski definition) is 0. The normalized spacial score (nSPS) is 14.5. The Morgan fingerprint density at radius 1 is 1.00 bits per heavy atom. The van der Waals surface area contributed by atoms with E-state index in [1.165, 1.54) is 0 Å². The Labute approximate surface area is 176 Å². The number of hydrogen-bond acceptors (Lipinski definition) is 5. The van der Waals surface area contributed by atoms with E-state index < -0.39 is 0 Å². The van der Waals surface area contributed by atoms with Gasteiger partial charge in [0.1, 0.15) is 5.75 Å². The molecule has 156 valence electrons. The third kappa shape index (κ3) is 4.46. The largest absolute Gasteiger partial charge is 0.484 e. The number of likely N-dealkylation sites (N-methyl/N-ethyl adjacent to an activating group) is 1. The van der Waals surface area contributed by atoms with Crippen LogP contribution in [-0.4, -0.2) is 72.4 Å². The number of rotatable bonds is 6. The number of benzene rings is 2. The monoisotopic (exact) mass is 406 g/mol. The van der Waals surface area contributed by atoms with Crippen LogP contribution in [0.25, 0.3) is 16.9 Å². The Kier molecular flexibility index (Phi) is 5.99. The van der Waals surface area contributed by atoms with Crippen molar-refractivity contribution in [3.8, 4) is 28.6 Å². The molecule has 1 aliphatic heterocycles. The van der Waals surface area contributed by atoms with Crippen LogP contribution in [0, 0.1) is 0 Å². The van der Waals surface area contributed by atoms with Crippen LogP contribution in [0.5, 0.6) is 11.6 Å². The Hall–Kier alpha value is -3.32. The molecular weight excluding hydrogens is 380 g/mol. The van der Waals surface area contributed by atoms with E-state index in [4.69, 9.17) is 9.47 Å². The first-order chi connectivity index (χ1) is 14.6. The lowest BCUT2D eigenvalue weighted by Gasteiger charge is -2.32. The van der Waals surface area contributed by atoms with Gasteiger partial charge in [-0.15, -0.1) is 0 Å². The van der Waals surface area contributed by atoms with E-state index in [0.29, 0.717) is 11.6 Å². The summed E-state index contributed by atoms with van der Waals surface area (Å²) >= 11 is 0. The van der Waals surface area contributed by atoms with E-state index in [0.717, 1.165) is 43.1 Å². The van der Waals surface area contributed by atoms with Gasteiger partial charge in [-0.2, -0.15) is 5.10 Å². The first-order valence-corrected chi connectivity index (χ1v) is 10.0. The van der Waals surface area contributed by atoms with Crippen molar-refractivity contribution in [2.45, 2.75) is 0 Å². The first-order valence-electron chi connectivity index (χ1n) is 10.0. The minimum absolute atomic E-state index is 0.0264. The third-order valence-electron chi connectivity index (χ3n) is 5.25. The lowest BCUT2D eigenvalue weighted by atomic mass is 10.1. The number of nitrogens with zero attached hydrogens (tertiary/aromatic N) is 4. The van der Waals surface area contributed by atoms with Crippen molar-refractivity contribution in [3.05, 3.63) is 60.7 Å². The summed E-state index contributed by atoms with van der Waals surface area (Å²) in [7, 11) is 3.70. The van der Waals surface area contributed by atoms with Crippen LogP contribution in [0.3, 0.4) is 0 Å². The van der Waals surface area contributed by atoms with E-state index in [-0.39, 0.29) is 12.5 Å². The second kappa shape index (κ2) is 9.00. The van der Waals surface area contributed by atoms with Crippen molar-refractivity contribution in [3.63, 3.8) is 0 Å². The number of amides is 1. The van der Waals surface area contributed by atoms with Crippen molar-refractivity contribution in [2.75, 3.05) is 46.9 Å². The van der Waals surface area contributed by atoms with Crippen LogP contribution < -0.4 is 9.47 Å². The molecule has 30 heavy (non-hydrogen) atoms. The highest BCUT2D eigenvalue weighted by atomic mass is 16.5. The lowest BCUT2D eigenvalue weighted by molar-refractivity contribution is -0.134. The van der Waals surface area contributed by atoms with Gasteiger partial charge in [-0.1, -0.05) is 18.2 Å². The summed E-state index contributed by atoms with van der Waals surface area (Å²) < 4.78 is 13.0. The highest BCUT2D eigenvalue weighted by molar-refractivity contribution is 5.78. The molecule has 2 heterocycles. The van der Waals surface area contributed by atoms with Crippen molar-refractivity contribution in [2.24, 2.45) is 0 Å². The van der Waals surface area contributed by atoms with Gasteiger partial charge in [0.05, 0.1) is 18.5 Å². The average molecular weight is 406 g/mol. The van der Waals surface area contributed by atoms with Gasteiger partial charge >= 0.3 is 0 Å². The van der Waals surface area contributed by atoms with Gasteiger partial charge in [-0.3, -0.25) is 4.79 Å². The maximum absolute atomic E-state index is 12.3. The van der Waals surface area contributed by atoms with Crippen molar-refractivity contribution in [1.29, 1.82) is 0 Å². The van der Waals surface area contributed by atoms with Gasteiger partial charge in [0.25, 0.3) is 5.91 Å². The first kappa shape index (κ1) is 20.0. The van der Waals surface area contributed by atoms with E-state index in [1.807, 2.05) is 65.6 Å². The molecule has 0 radical (unpaired) electrons. The van der Waals surface area contributed by atoms with Crippen molar-refractivity contribution >= 4 is 5.91 Å². The highest BCUT2D eigenvalue weighted by Crippen LogP contribution is 2.27. The van der Waals surface area contributed by atoms with Crippen LogP contribution in [0.4, 0.5) is 0 Å². The van der Waals surface area contributed by atoms with Gasteiger partial charge in [0, 0.05) is 37.8 Å². The molecule has 0 aliphatic carbocycles. The van der Waals surface area contributed by atoms with Crippen molar-refractivity contribution in [1.82, 2.24) is 19.6 Å². The fourth-order valence-corrected chi connectivity index (χ4v) is 3.42. The average Bonchev–Trinajstić information content (AvgIpc) is 3.23. The van der Waals surface area contributed by atoms with Crippen LogP contribution in [-0.2, 0) is 4.79 Å². The number of para-hydroxylation sites is 1. The zero-order valence-electron chi connectivity index (χ0n) is 17.3. The molecule has 0 saturated carbocycles. The molecule has 1 aliphatic rings. The Balaban J connectivity index is 1.41. The fourth-order valence-electron chi connectivity index (χ4n) is 3.42. The molecule has 0 N–H and O–H groups in total. The fraction of sp³-hybridized carbons (Fsp3) is 0.304. The summed E-state index contributed by atoms with van der Waals surface area (Å²) in [5, 5.41) is 4.68. The molecule has 1 fully saturated rings. The maximum Gasteiger partial charge on any atom is 0.260 e. The molecular formula is C23H26N4O3. The standard InChI is InChI=1S/C23H26N4O3/c1-25-12-14-26(15-13-25)22(28)17-30-20-10-8-18(9-11-20)21-16-23(29-2)27(24-21)19-6-4-3-5-7-19/h3-11,16H,12-15,17H2,1-2H3. The summed E-state index contributed by atoms with van der Waals surface area (Å²) in [6.45, 7) is 3.37. The molecule has 1 amide bonds. The summed E-state index contributed by atoms with van der Waals surface area (Å²) in [5.74, 6) is 1.35. The molecule has 1 saturated heterocycles. The van der Waals surface area contributed by atoms with E-state index >= 15 is 0 Å². The number of methoxy groups -OCH3 is 1. The summed E-state index contributed by atoms with van der Waals surface area (Å²) in [6.07, 6.45) is 0. The zero-order valence-corrected chi connectivity index (χ0v) is 17.3. The summed E-state index contributed by atoms with van der Waals surface area (Å²) in [6, 6.07) is 19.4. The van der Waals surface area contributed by atoms with Gasteiger partial charge in [-0.05, 0) is 43.4 Å². The predicted molar refractivity (Wildman–Crippen MR) is 115 cm³/mol. The van der Waals surface area contributed by atoms with E-state index in [9.17, 15) is 4.79 Å². The molecule has 0 atom stereocenters. The topological polar surface area (TPSA) is 59.8 Å². The SMILES string of the molecule is COc1cc(-c2ccc(OCC(=O)N3CCN(C)CC3)cc2)nn1-c1ccccc1. The molecule has 7 nitrogen and oxygen atoms in total. The molecule has 0 bridgehead atoms. The summed E-state index contributed by atoms with van der Waals surface area (Å²) in [5.41, 5.74) is 2.68. The second-order valence-corrected chi connectivity index (χ2v) is 7.32. The Morgan fingerprint density at radius 3 is 2.37 bits per heavy atom. The predicted octanol–water partition coefficient (Wildman–Crippen LogP) is 2.70. The smallest absolute Gasteiger partial charge is 0.260 e. The van der Waals surface area contributed by atoms with Gasteiger partial charge in [-0.25, -0.2) is 4.68 Å².